The normalized spacial score (nSPS) is 9.45. The molecule has 0 aliphatic rings. The Morgan fingerprint density at radius 2 is 1.39 bits per heavy atom. The summed E-state index contributed by atoms with van der Waals surface area (Å²) in [5, 5.41) is 15.4. The van der Waals surface area contributed by atoms with Crippen molar-refractivity contribution in [1.82, 2.24) is 0 Å². The van der Waals surface area contributed by atoms with Gasteiger partial charge in [-0.05, 0) is 48.5 Å². The smallest absolute Gasteiger partial charge is 0.300 e. The van der Waals surface area contributed by atoms with E-state index in [1.807, 2.05) is 60.7 Å². The van der Waals surface area contributed by atoms with Gasteiger partial charge in [0.05, 0.1) is 5.71 Å². The summed E-state index contributed by atoms with van der Waals surface area (Å²) in [6.45, 7) is 1.08. The van der Waals surface area contributed by atoms with Crippen LogP contribution < -0.4 is 0 Å². The van der Waals surface area contributed by atoms with Crippen LogP contribution in [-0.2, 0) is 4.79 Å². The summed E-state index contributed by atoms with van der Waals surface area (Å²) in [6.07, 6.45) is 0.862. The summed E-state index contributed by atoms with van der Waals surface area (Å²) in [7, 11) is 0. The predicted molar refractivity (Wildman–Crippen MR) is 125 cm³/mol. The Hall–Kier alpha value is -3.62. The van der Waals surface area contributed by atoms with Gasteiger partial charge in [-0.25, -0.2) is 0 Å². The van der Waals surface area contributed by atoms with Gasteiger partial charge >= 0.3 is 0 Å². The molecular formula is C26H23NO3S. The van der Waals surface area contributed by atoms with E-state index < -0.39 is 5.97 Å². The lowest BCUT2D eigenvalue weighted by molar-refractivity contribution is -0.134. The number of rotatable bonds is 6. The molecule has 3 aromatic rings. The van der Waals surface area contributed by atoms with E-state index in [-0.39, 0.29) is 11.5 Å². The Balaban J connectivity index is 0.000000785. The van der Waals surface area contributed by atoms with Crippen molar-refractivity contribution < 1.29 is 14.7 Å². The Bertz CT molecular complexity index is 1060. The largest absolute Gasteiger partial charge is 0.481 e. The van der Waals surface area contributed by atoms with Crippen LogP contribution in [0.4, 0.5) is 0 Å². The highest BCUT2D eigenvalue weighted by atomic mass is 32.2. The fourth-order valence-corrected chi connectivity index (χ4v) is 3.30. The molecule has 31 heavy (non-hydrogen) atoms. The molecule has 0 saturated carbocycles. The van der Waals surface area contributed by atoms with Crippen molar-refractivity contribution in [2.75, 3.05) is 0 Å². The molecule has 3 rings (SSSR count). The second-order valence-electron chi connectivity index (χ2n) is 6.43. The zero-order valence-corrected chi connectivity index (χ0v) is 18.0. The van der Waals surface area contributed by atoms with Crippen molar-refractivity contribution in [2.45, 2.75) is 29.6 Å². The van der Waals surface area contributed by atoms with E-state index >= 15 is 0 Å². The molecule has 0 aliphatic carbocycles. The molecule has 3 aromatic carbocycles. The van der Waals surface area contributed by atoms with E-state index in [0.29, 0.717) is 18.4 Å². The monoisotopic (exact) mass is 429 g/mol. The van der Waals surface area contributed by atoms with Crippen LogP contribution in [0.25, 0.3) is 0 Å². The highest BCUT2D eigenvalue weighted by Crippen LogP contribution is 2.27. The highest BCUT2D eigenvalue weighted by molar-refractivity contribution is 7.99. The zero-order valence-electron chi connectivity index (χ0n) is 17.2. The number of nitrogens with one attached hydrogen (secondary N) is 1. The molecule has 156 valence electrons. The van der Waals surface area contributed by atoms with E-state index in [0.717, 1.165) is 22.3 Å². The number of ketones is 1. The molecule has 0 aliphatic heterocycles. The first-order valence-corrected chi connectivity index (χ1v) is 10.5. The first-order chi connectivity index (χ1) is 15.0. The summed E-state index contributed by atoms with van der Waals surface area (Å²) in [5.74, 6) is 5.02. The molecule has 0 saturated heterocycles. The van der Waals surface area contributed by atoms with Crippen LogP contribution in [0.15, 0.2) is 94.7 Å². The average molecular weight is 430 g/mol. The van der Waals surface area contributed by atoms with Gasteiger partial charge in [0.1, 0.15) is 0 Å². The molecule has 0 fully saturated rings. The van der Waals surface area contributed by atoms with Gasteiger partial charge in [-0.15, -0.1) is 0 Å². The predicted octanol–water partition coefficient (Wildman–Crippen LogP) is 5.96. The molecule has 0 amide bonds. The van der Waals surface area contributed by atoms with Gasteiger partial charge in [0.2, 0.25) is 5.78 Å². The molecule has 2 N–H and O–H groups in total. The van der Waals surface area contributed by atoms with Gasteiger partial charge < -0.3 is 10.5 Å². The maximum absolute atomic E-state index is 12.4. The van der Waals surface area contributed by atoms with Gasteiger partial charge in [0.25, 0.3) is 5.97 Å². The van der Waals surface area contributed by atoms with Crippen LogP contribution in [0, 0.1) is 17.3 Å². The van der Waals surface area contributed by atoms with E-state index in [9.17, 15) is 4.79 Å². The summed E-state index contributed by atoms with van der Waals surface area (Å²) in [4.78, 5) is 23.6. The van der Waals surface area contributed by atoms with E-state index in [2.05, 4.69) is 24.0 Å². The minimum Gasteiger partial charge on any atom is -0.481 e. The van der Waals surface area contributed by atoms with Crippen LogP contribution in [-0.4, -0.2) is 22.6 Å². The van der Waals surface area contributed by atoms with Crippen LogP contribution in [0.2, 0.25) is 0 Å². The summed E-state index contributed by atoms with van der Waals surface area (Å²) < 4.78 is 0. The van der Waals surface area contributed by atoms with Crippen molar-refractivity contribution in [3.05, 3.63) is 96.1 Å². The van der Waals surface area contributed by atoms with Crippen LogP contribution in [0.5, 0.6) is 0 Å². The lowest BCUT2D eigenvalue weighted by atomic mass is 10.0. The third-order valence-corrected chi connectivity index (χ3v) is 4.89. The molecule has 0 spiro atoms. The van der Waals surface area contributed by atoms with E-state index in [4.69, 9.17) is 15.3 Å². The number of carboxylic acids is 1. The standard InChI is InChI=1S/C24H19NOS.C2H4O2/c25-23(14-8-7-11-19-9-3-1-4-10-19)24(26)20-15-17-22(18-16-20)27-21-12-5-2-6-13-21;1-2(3)4/h1-6,9-10,12-13,15-18,25H,8,14H2;1H3,(H,3,4). The zero-order chi connectivity index (χ0) is 22.5. The van der Waals surface area contributed by atoms with E-state index in [1.54, 1.807) is 23.9 Å². The highest BCUT2D eigenvalue weighted by Gasteiger charge is 2.11. The first kappa shape index (κ1) is 23.7. The molecule has 0 bridgehead atoms. The fourth-order valence-electron chi connectivity index (χ4n) is 2.46. The lowest BCUT2D eigenvalue weighted by Crippen LogP contribution is -2.12. The van der Waals surface area contributed by atoms with Gasteiger partial charge in [0, 0.05) is 40.7 Å². The maximum Gasteiger partial charge on any atom is 0.300 e. The third kappa shape index (κ3) is 9.16. The fraction of sp³-hybridized carbons (Fsp3) is 0.115. The Kier molecular flexibility index (Phi) is 9.80. The van der Waals surface area contributed by atoms with Crippen molar-refractivity contribution in [2.24, 2.45) is 0 Å². The third-order valence-electron chi connectivity index (χ3n) is 3.88. The molecule has 0 heterocycles. The van der Waals surface area contributed by atoms with Crippen LogP contribution in [0.3, 0.4) is 0 Å². The number of hydrogen-bond acceptors (Lipinski definition) is 4. The number of benzene rings is 3. The van der Waals surface area contributed by atoms with E-state index in [1.165, 1.54) is 0 Å². The minimum absolute atomic E-state index is 0.0980. The van der Waals surface area contributed by atoms with Crippen molar-refractivity contribution in [1.29, 1.82) is 5.41 Å². The molecule has 4 nitrogen and oxygen atoms in total. The molecule has 5 heteroatoms. The van der Waals surface area contributed by atoms with Crippen molar-refractivity contribution in [3.8, 4) is 11.8 Å². The molecule has 0 unspecified atom stereocenters. The Morgan fingerprint density at radius 1 is 0.871 bits per heavy atom. The maximum atomic E-state index is 12.4. The lowest BCUT2D eigenvalue weighted by Gasteiger charge is -2.04. The van der Waals surface area contributed by atoms with Crippen LogP contribution in [0.1, 0.15) is 35.7 Å². The molecule has 0 radical (unpaired) electrons. The second kappa shape index (κ2) is 12.8. The summed E-state index contributed by atoms with van der Waals surface area (Å²) in [5.41, 5.74) is 1.59. The van der Waals surface area contributed by atoms with Crippen molar-refractivity contribution >= 4 is 29.2 Å². The quantitative estimate of drug-likeness (QED) is 0.288. The second-order valence-corrected chi connectivity index (χ2v) is 7.58. The van der Waals surface area contributed by atoms with Gasteiger partial charge in [0.15, 0.2) is 0 Å². The Labute approximate surface area is 186 Å². The molecular weight excluding hydrogens is 406 g/mol. The van der Waals surface area contributed by atoms with Gasteiger partial charge in [-0.1, -0.05) is 60.0 Å². The number of carboxylic acid groups (broad SMARTS) is 1. The summed E-state index contributed by atoms with van der Waals surface area (Å²) >= 11 is 1.65. The van der Waals surface area contributed by atoms with Gasteiger partial charge in [-0.2, -0.15) is 0 Å². The number of carbonyl (C=O) groups is 2. The SMILES string of the molecule is CC(=O)O.N=C(CCC#Cc1ccccc1)C(=O)c1ccc(Sc2ccccc2)cc1. The number of aliphatic carboxylic acids is 1. The number of carbonyl (C=O) groups excluding carboxylic acids is 1. The van der Waals surface area contributed by atoms with Gasteiger partial charge in [-0.3, -0.25) is 9.59 Å². The number of hydrogen-bond donors (Lipinski definition) is 2. The first-order valence-electron chi connectivity index (χ1n) is 9.64. The minimum atomic E-state index is -0.833. The average Bonchev–Trinajstić information content (AvgIpc) is 2.78. The topological polar surface area (TPSA) is 78.2 Å². The van der Waals surface area contributed by atoms with Crippen molar-refractivity contribution in [3.63, 3.8) is 0 Å². The number of Topliss-reactive ketones (excluding diaryl/α,β-unsaturated/α-hetero) is 1. The molecule has 0 aromatic heterocycles. The van der Waals surface area contributed by atoms with Crippen LogP contribution >= 0.6 is 11.8 Å². The summed E-state index contributed by atoms with van der Waals surface area (Å²) in [6, 6.07) is 27.2. The molecule has 0 atom stereocenters. The Morgan fingerprint density at radius 3 is 1.97 bits per heavy atom.